The zero-order valence-corrected chi connectivity index (χ0v) is 36.0. The van der Waals surface area contributed by atoms with E-state index in [1.165, 1.54) is 103 Å². The molecule has 0 aliphatic rings. The highest BCUT2D eigenvalue weighted by atomic mass is 31.2. The van der Waals surface area contributed by atoms with Crippen molar-refractivity contribution in [1.82, 2.24) is 0 Å². The molecule has 0 aliphatic heterocycles. The van der Waals surface area contributed by atoms with Crippen LogP contribution in [0.2, 0.25) is 0 Å². The molecule has 0 heterocycles. The lowest BCUT2D eigenvalue weighted by atomic mass is 10.1. The Morgan fingerprint density at radius 3 is 1.49 bits per heavy atom. The number of unbranched alkanes of at least 4 members (excludes halogenated alkanes) is 20. The molecule has 9 nitrogen and oxygen atoms in total. The maximum Gasteiger partial charge on any atom is 0.472 e. The molecule has 0 amide bonds. The molecule has 2 atom stereocenters. The number of nitrogens with two attached hydrogens (primary N) is 1. The largest absolute Gasteiger partial charge is 0.472 e. The van der Waals surface area contributed by atoms with Crippen LogP contribution >= 0.6 is 7.82 Å². The molecule has 3 N–H and O–H groups in total. The molecule has 320 valence electrons. The number of esters is 2. The smallest absolute Gasteiger partial charge is 0.462 e. The van der Waals surface area contributed by atoms with Crippen molar-refractivity contribution in [3.05, 3.63) is 48.6 Å². The van der Waals surface area contributed by atoms with Gasteiger partial charge < -0.3 is 20.1 Å². The van der Waals surface area contributed by atoms with E-state index in [0.717, 1.165) is 51.4 Å². The van der Waals surface area contributed by atoms with Gasteiger partial charge in [0.25, 0.3) is 0 Å². The topological polar surface area (TPSA) is 134 Å². The van der Waals surface area contributed by atoms with E-state index in [1.54, 1.807) is 0 Å². The summed E-state index contributed by atoms with van der Waals surface area (Å²) in [4.78, 5) is 34.9. The molecule has 10 heteroatoms. The first-order valence-corrected chi connectivity index (χ1v) is 23.6. The SMILES string of the molecule is CCCCCC=CCC=CCC=CCCCCC(=O)OC[C@H](COP(=O)(O)OCCN)OC(=O)CCCCCCCCCCCC=CCCCCCCCC. The van der Waals surface area contributed by atoms with Crippen molar-refractivity contribution in [2.45, 2.75) is 200 Å². The normalized spacial score (nSPS) is 13.7. The second-order valence-corrected chi connectivity index (χ2v) is 16.0. The van der Waals surface area contributed by atoms with Gasteiger partial charge in [0.15, 0.2) is 6.10 Å². The van der Waals surface area contributed by atoms with Crippen LogP contribution in [0.3, 0.4) is 0 Å². The van der Waals surface area contributed by atoms with E-state index in [1.807, 2.05) is 0 Å². The lowest BCUT2D eigenvalue weighted by molar-refractivity contribution is -0.161. The first kappa shape index (κ1) is 53.0. The molecule has 0 radical (unpaired) electrons. The summed E-state index contributed by atoms with van der Waals surface area (Å²) in [6.07, 6.45) is 47.1. The van der Waals surface area contributed by atoms with Crippen LogP contribution in [0.25, 0.3) is 0 Å². The summed E-state index contributed by atoms with van der Waals surface area (Å²) in [5.41, 5.74) is 5.35. The average Bonchev–Trinajstić information content (AvgIpc) is 3.17. The van der Waals surface area contributed by atoms with E-state index in [4.69, 9.17) is 24.3 Å². The van der Waals surface area contributed by atoms with Gasteiger partial charge in [-0.05, 0) is 77.0 Å². The fourth-order valence-corrected chi connectivity index (χ4v) is 6.64. The highest BCUT2D eigenvalue weighted by Crippen LogP contribution is 2.43. The molecule has 0 spiro atoms. The Bertz CT molecular complexity index is 1040. The maximum absolute atomic E-state index is 12.6. The number of carbonyl (C=O) groups excluding carboxylic acids is 2. The van der Waals surface area contributed by atoms with Gasteiger partial charge in [0, 0.05) is 19.4 Å². The third-order valence-electron chi connectivity index (χ3n) is 9.19. The third kappa shape index (κ3) is 41.4. The molecule has 0 saturated heterocycles. The summed E-state index contributed by atoms with van der Waals surface area (Å²) in [6.45, 7) is 3.66. The van der Waals surface area contributed by atoms with Gasteiger partial charge in [-0.2, -0.15) is 0 Å². The van der Waals surface area contributed by atoms with Gasteiger partial charge in [0.1, 0.15) is 6.61 Å². The quantitative estimate of drug-likeness (QED) is 0.0268. The van der Waals surface area contributed by atoms with Crippen molar-refractivity contribution in [3.8, 4) is 0 Å². The van der Waals surface area contributed by atoms with E-state index >= 15 is 0 Å². The van der Waals surface area contributed by atoms with Crippen LogP contribution in [-0.4, -0.2) is 49.3 Å². The first-order chi connectivity index (χ1) is 26.8. The number of hydrogen-bond donors (Lipinski definition) is 2. The summed E-state index contributed by atoms with van der Waals surface area (Å²) in [7, 11) is -4.39. The highest BCUT2D eigenvalue weighted by Gasteiger charge is 2.26. The van der Waals surface area contributed by atoms with Gasteiger partial charge in [-0.1, -0.05) is 152 Å². The minimum Gasteiger partial charge on any atom is -0.462 e. The van der Waals surface area contributed by atoms with Crippen LogP contribution in [0.1, 0.15) is 194 Å². The second kappa shape index (κ2) is 41.6. The molecular weight excluding hydrogens is 713 g/mol. The maximum atomic E-state index is 12.6. The van der Waals surface area contributed by atoms with Crippen molar-refractivity contribution in [1.29, 1.82) is 0 Å². The molecular formula is C45H82NO8P. The Morgan fingerprint density at radius 1 is 0.545 bits per heavy atom. The van der Waals surface area contributed by atoms with Gasteiger partial charge in [0.05, 0.1) is 13.2 Å². The number of phosphoric ester groups is 1. The summed E-state index contributed by atoms with van der Waals surface area (Å²) in [5.74, 6) is -0.875. The van der Waals surface area contributed by atoms with Gasteiger partial charge >= 0.3 is 19.8 Å². The zero-order chi connectivity index (χ0) is 40.3. The van der Waals surface area contributed by atoms with Crippen LogP contribution in [-0.2, 0) is 32.7 Å². The number of carbonyl (C=O) groups is 2. The minimum absolute atomic E-state index is 0.0468. The molecule has 55 heavy (non-hydrogen) atoms. The van der Waals surface area contributed by atoms with Crippen LogP contribution in [0.15, 0.2) is 48.6 Å². The fourth-order valence-electron chi connectivity index (χ4n) is 5.87. The van der Waals surface area contributed by atoms with E-state index in [9.17, 15) is 19.0 Å². The standard InChI is InChI=1S/C45H82NO8P/c1-3-5-7-9-11-13-15-17-19-20-21-22-24-26-28-30-32-34-36-38-45(48)54-43(42-53-55(49,50)52-40-39-46)41-51-44(47)37-35-33-31-29-27-25-23-18-16-14-12-10-8-6-4-2/h12,14,17-19,23,27,29,43H,3-11,13,15-16,20-22,24-26,28,30-42,46H2,1-2H3,(H,49,50)/t43-/m1/s1. The van der Waals surface area contributed by atoms with Crippen molar-refractivity contribution >= 4 is 19.8 Å². The monoisotopic (exact) mass is 796 g/mol. The molecule has 0 rings (SSSR count). The predicted molar refractivity (Wildman–Crippen MR) is 229 cm³/mol. The number of ether oxygens (including phenoxy) is 2. The first-order valence-electron chi connectivity index (χ1n) is 22.1. The second-order valence-electron chi connectivity index (χ2n) is 14.6. The molecule has 1 unspecified atom stereocenters. The molecule has 0 bridgehead atoms. The summed E-state index contributed by atoms with van der Waals surface area (Å²) < 4.78 is 32.7. The molecule has 0 aromatic carbocycles. The van der Waals surface area contributed by atoms with Crippen LogP contribution < -0.4 is 5.73 Å². The Kier molecular flexibility index (Phi) is 40.1. The van der Waals surface area contributed by atoms with Crippen molar-refractivity contribution in [3.63, 3.8) is 0 Å². The Balaban J connectivity index is 4.19. The van der Waals surface area contributed by atoms with E-state index in [2.05, 4.69) is 62.5 Å². The molecule has 0 aromatic heterocycles. The molecule has 0 aromatic rings. The number of rotatable bonds is 41. The van der Waals surface area contributed by atoms with Crippen molar-refractivity contribution < 1.29 is 37.6 Å². The Morgan fingerprint density at radius 2 is 0.945 bits per heavy atom. The molecule has 0 aliphatic carbocycles. The van der Waals surface area contributed by atoms with Gasteiger partial charge in [-0.15, -0.1) is 0 Å². The summed E-state index contributed by atoms with van der Waals surface area (Å²) in [5, 5.41) is 0. The Labute approximate surface area is 336 Å². The van der Waals surface area contributed by atoms with E-state index in [-0.39, 0.29) is 32.6 Å². The molecule has 0 saturated carbocycles. The predicted octanol–water partition coefficient (Wildman–Crippen LogP) is 12.7. The average molecular weight is 796 g/mol. The number of phosphoric acid groups is 1. The highest BCUT2D eigenvalue weighted by molar-refractivity contribution is 7.47. The van der Waals surface area contributed by atoms with Gasteiger partial charge in [-0.3, -0.25) is 18.6 Å². The minimum atomic E-state index is -4.39. The van der Waals surface area contributed by atoms with E-state index < -0.39 is 32.5 Å². The summed E-state index contributed by atoms with van der Waals surface area (Å²) >= 11 is 0. The van der Waals surface area contributed by atoms with Gasteiger partial charge in [-0.25, -0.2) is 4.57 Å². The van der Waals surface area contributed by atoms with Crippen LogP contribution in [0.5, 0.6) is 0 Å². The van der Waals surface area contributed by atoms with Gasteiger partial charge in [0.2, 0.25) is 0 Å². The lowest BCUT2D eigenvalue weighted by Gasteiger charge is -2.19. The summed E-state index contributed by atoms with van der Waals surface area (Å²) in [6, 6.07) is 0. The number of allylic oxidation sites excluding steroid dienone is 8. The Hall–Kier alpha value is -2.03. The van der Waals surface area contributed by atoms with Crippen LogP contribution in [0.4, 0.5) is 0 Å². The van der Waals surface area contributed by atoms with Crippen LogP contribution in [0, 0.1) is 0 Å². The fraction of sp³-hybridized carbons (Fsp3) is 0.778. The van der Waals surface area contributed by atoms with E-state index in [0.29, 0.717) is 12.8 Å². The lowest BCUT2D eigenvalue weighted by Crippen LogP contribution is -2.29. The van der Waals surface area contributed by atoms with Crippen molar-refractivity contribution in [2.75, 3.05) is 26.4 Å². The van der Waals surface area contributed by atoms with Crippen molar-refractivity contribution in [2.24, 2.45) is 5.73 Å². The third-order valence-corrected chi connectivity index (χ3v) is 10.2. The zero-order valence-electron chi connectivity index (χ0n) is 35.2. The molecule has 0 fully saturated rings. The number of hydrogen-bond acceptors (Lipinski definition) is 8.